The molecule has 0 saturated carbocycles. The fourth-order valence-electron chi connectivity index (χ4n) is 1.21. The van der Waals surface area contributed by atoms with Crippen LogP contribution in [0.25, 0.3) is 0 Å². The maximum atomic E-state index is 10.5. The van der Waals surface area contributed by atoms with Crippen molar-refractivity contribution in [1.82, 2.24) is 0 Å². The second kappa shape index (κ2) is 6.53. The molecule has 0 bridgehead atoms. The number of halogens is 1. The summed E-state index contributed by atoms with van der Waals surface area (Å²) in [5.41, 5.74) is 6.34. The average Bonchev–Trinajstić information content (AvgIpc) is 2.30. The molecule has 1 aliphatic rings. The Morgan fingerprint density at radius 3 is 2.65 bits per heavy atom. The van der Waals surface area contributed by atoms with Crippen LogP contribution in [0.2, 0.25) is 0 Å². The van der Waals surface area contributed by atoms with Crippen molar-refractivity contribution in [2.24, 2.45) is 0 Å². The minimum absolute atomic E-state index is 0.0757. The maximum Gasteiger partial charge on any atom is 0.277 e. The van der Waals surface area contributed by atoms with Crippen LogP contribution in [-0.2, 0) is 4.74 Å². The van der Waals surface area contributed by atoms with E-state index in [0.29, 0.717) is 34.8 Å². The average molecular weight is 306 g/mol. The van der Waals surface area contributed by atoms with Crippen molar-refractivity contribution in [3.8, 4) is 5.75 Å². The van der Waals surface area contributed by atoms with Gasteiger partial charge in [-0.2, -0.15) is 0 Å². The molecule has 1 heterocycles. The van der Waals surface area contributed by atoms with E-state index in [0.717, 1.165) is 7.11 Å². The van der Waals surface area contributed by atoms with E-state index in [1.165, 1.54) is 0 Å². The molecule has 1 aliphatic heterocycles. The SMILES string of the molecule is CO.Nc1cc(OC2COC2)c(Br)cc1[NH+]=O. The first-order chi connectivity index (χ1) is 8.20. The number of rotatable bonds is 3. The number of benzene rings is 1. The summed E-state index contributed by atoms with van der Waals surface area (Å²) in [5.74, 6) is 0.625. The van der Waals surface area contributed by atoms with E-state index in [1.54, 1.807) is 17.3 Å². The molecule has 1 aromatic carbocycles. The topological polar surface area (TPSA) is 95.8 Å². The van der Waals surface area contributed by atoms with E-state index in [-0.39, 0.29) is 6.10 Å². The number of anilines is 1. The third-order valence-corrected chi connectivity index (χ3v) is 2.73. The Balaban J connectivity index is 0.000000686. The molecule has 0 amide bonds. The number of aliphatic hydroxyl groups excluding tert-OH is 1. The molecule has 0 unspecified atom stereocenters. The highest BCUT2D eigenvalue weighted by atomic mass is 79.9. The van der Waals surface area contributed by atoms with Crippen molar-refractivity contribution in [2.75, 3.05) is 26.1 Å². The van der Waals surface area contributed by atoms with Gasteiger partial charge in [0.25, 0.3) is 5.69 Å². The molecular weight excluding hydrogens is 292 g/mol. The quantitative estimate of drug-likeness (QED) is 0.678. The van der Waals surface area contributed by atoms with Crippen LogP contribution in [0.4, 0.5) is 11.4 Å². The summed E-state index contributed by atoms with van der Waals surface area (Å²) in [7, 11) is 1.00. The molecule has 2 rings (SSSR count). The Bertz CT molecular complexity index is 396. The number of nitrogens with two attached hydrogens (primary N) is 1. The van der Waals surface area contributed by atoms with Crippen LogP contribution in [0, 0.1) is 4.91 Å². The first-order valence-corrected chi connectivity index (χ1v) is 5.66. The van der Waals surface area contributed by atoms with Gasteiger partial charge in [-0.3, -0.25) is 0 Å². The standard InChI is InChI=1S/C9H9BrN2O3.CH4O/c10-6-1-8(12-13)7(11)2-9(6)15-5-3-14-4-5;1-2/h1-2,5H,3-4,11H2;2H,1H3/p+1. The van der Waals surface area contributed by atoms with Gasteiger partial charge in [0.15, 0.2) is 0 Å². The normalized spacial score (nSPS) is 14.3. The molecule has 1 saturated heterocycles. The molecule has 1 fully saturated rings. The largest absolute Gasteiger partial charge is 0.484 e. The van der Waals surface area contributed by atoms with Gasteiger partial charge in [-0.15, -0.1) is 0 Å². The Morgan fingerprint density at radius 1 is 1.53 bits per heavy atom. The van der Waals surface area contributed by atoms with Crippen molar-refractivity contribution in [3.63, 3.8) is 0 Å². The predicted octanol–water partition coefficient (Wildman–Crippen LogP) is -0.104. The van der Waals surface area contributed by atoms with Gasteiger partial charge in [-0.25, -0.2) is 0 Å². The number of hydrogen-bond donors (Lipinski definition) is 3. The highest BCUT2D eigenvalue weighted by molar-refractivity contribution is 9.10. The van der Waals surface area contributed by atoms with Gasteiger partial charge in [0.2, 0.25) is 0 Å². The first kappa shape index (κ1) is 13.9. The van der Waals surface area contributed by atoms with Gasteiger partial charge in [0, 0.05) is 29.3 Å². The lowest BCUT2D eigenvalue weighted by atomic mass is 10.2. The molecule has 0 aromatic heterocycles. The van der Waals surface area contributed by atoms with Gasteiger partial charge < -0.3 is 20.3 Å². The second-order valence-electron chi connectivity index (χ2n) is 3.25. The van der Waals surface area contributed by atoms with Crippen molar-refractivity contribution in [1.29, 1.82) is 0 Å². The molecule has 6 nitrogen and oxygen atoms in total. The fraction of sp³-hybridized carbons (Fsp3) is 0.400. The number of nitrogen functional groups attached to an aromatic ring is 1. The number of hydrogen-bond acceptors (Lipinski definition) is 5. The third-order valence-electron chi connectivity index (χ3n) is 2.12. The van der Waals surface area contributed by atoms with Crippen LogP contribution in [0.15, 0.2) is 16.6 Å². The molecule has 1 aromatic rings. The number of aliphatic hydroxyl groups is 1. The Kier molecular flexibility index (Phi) is 5.33. The van der Waals surface area contributed by atoms with Crippen molar-refractivity contribution >= 4 is 27.3 Å². The molecule has 94 valence electrons. The summed E-state index contributed by atoms with van der Waals surface area (Å²) < 4.78 is 11.3. The van der Waals surface area contributed by atoms with Gasteiger partial charge in [0.1, 0.15) is 17.5 Å². The van der Waals surface area contributed by atoms with Gasteiger partial charge >= 0.3 is 0 Å². The molecule has 0 atom stereocenters. The Hall–Kier alpha value is -1.18. The lowest BCUT2D eigenvalue weighted by Gasteiger charge is -2.27. The maximum absolute atomic E-state index is 10.5. The van der Waals surface area contributed by atoms with E-state index in [2.05, 4.69) is 15.9 Å². The van der Waals surface area contributed by atoms with Crippen LogP contribution in [-0.4, -0.2) is 31.5 Å². The molecular formula is C10H14BrN2O4+. The number of ether oxygens (including phenoxy) is 2. The van der Waals surface area contributed by atoms with E-state index >= 15 is 0 Å². The first-order valence-electron chi connectivity index (χ1n) is 4.87. The number of nitroso groups, excluding NO2 is 1. The van der Waals surface area contributed by atoms with E-state index in [4.69, 9.17) is 20.3 Å². The zero-order valence-corrected chi connectivity index (χ0v) is 10.9. The van der Waals surface area contributed by atoms with Gasteiger partial charge in [-0.05, 0) is 15.9 Å². The predicted molar refractivity (Wildman–Crippen MR) is 65.9 cm³/mol. The Labute approximate surface area is 107 Å². The third kappa shape index (κ3) is 3.39. The lowest BCUT2D eigenvalue weighted by molar-refractivity contribution is -0.378. The summed E-state index contributed by atoms with van der Waals surface area (Å²) in [4.78, 5) is 10.5. The van der Waals surface area contributed by atoms with E-state index in [9.17, 15) is 4.91 Å². The van der Waals surface area contributed by atoms with Crippen molar-refractivity contribution in [2.45, 2.75) is 6.10 Å². The molecule has 4 N–H and O–H groups in total. The Morgan fingerprint density at radius 2 is 2.18 bits per heavy atom. The number of nitrogens with one attached hydrogen (secondary N) is 1. The van der Waals surface area contributed by atoms with Crippen LogP contribution in [0.3, 0.4) is 0 Å². The smallest absolute Gasteiger partial charge is 0.277 e. The van der Waals surface area contributed by atoms with Crippen molar-refractivity contribution < 1.29 is 19.8 Å². The van der Waals surface area contributed by atoms with Gasteiger partial charge in [0.05, 0.1) is 17.7 Å². The summed E-state index contributed by atoms with van der Waals surface area (Å²) in [5, 5.41) is 8.76. The summed E-state index contributed by atoms with van der Waals surface area (Å²) in [6, 6.07) is 3.21. The molecule has 17 heavy (non-hydrogen) atoms. The minimum Gasteiger partial charge on any atom is -0.484 e. The van der Waals surface area contributed by atoms with Gasteiger partial charge in [-0.1, -0.05) is 0 Å². The summed E-state index contributed by atoms with van der Waals surface area (Å²) in [6.45, 7) is 1.18. The second-order valence-corrected chi connectivity index (χ2v) is 4.10. The fourth-order valence-corrected chi connectivity index (χ4v) is 1.65. The van der Waals surface area contributed by atoms with Crippen LogP contribution in [0.5, 0.6) is 5.75 Å². The molecule has 7 heteroatoms. The van der Waals surface area contributed by atoms with E-state index < -0.39 is 0 Å². The van der Waals surface area contributed by atoms with Crippen LogP contribution in [0.1, 0.15) is 0 Å². The van der Waals surface area contributed by atoms with Crippen LogP contribution < -0.4 is 15.6 Å². The zero-order chi connectivity index (χ0) is 12.8. The molecule has 0 aliphatic carbocycles. The van der Waals surface area contributed by atoms with E-state index in [1.807, 2.05) is 0 Å². The zero-order valence-electron chi connectivity index (χ0n) is 9.27. The van der Waals surface area contributed by atoms with Crippen LogP contribution >= 0.6 is 15.9 Å². The highest BCUT2D eigenvalue weighted by Gasteiger charge is 2.22. The molecule has 0 spiro atoms. The lowest BCUT2D eigenvalue weighted by Crippen LogP contribution is -2.56. The summed E-state index contributed by atoms with van der Waals surface area (Å²) in [6.07, 6.45) is 0.0757. The van der Waals surface area contributed by atoms with Crippen molar-refractivity contribution in [3.05, 3.63) is 21.5 Å². The monoisotopic (exact) mass is 305 g/mol. The summed E-state index contributed by atoms with van der Waals surface area (Å²) >= 11 is 3.30. The highest BCUT2D eigenvalue weighted by Crippen LogP contribution is 2.32. The minimum atomic E-state index is 0.0757. The molecule has 0 radical (unpaired) electrons.